The number of nitrogens with zero attached hydrogens (tertiary/aromatic N) is 1. The highest BCUT2D eigenvalue weighted by molar-refractivity contribution is 7.98. The minimum absolute atomic E-state index is 0.114. The zero-order valence-electron chi connectivity index (χ0n) is 14.8. The number of benzene rings is 2. The first-order valence-electron chi connectivity index (χ1n) is 8.79. The topological polar surface area (TPSA) is 54.5 Å². The quantitative estimate of drug-likeness (QED) is 0.678. The summed E-state index contributed by atoms with van der Waals surface area (Å²) in [5.41, 5.74) is 3.37. The highest BCUT2D eigenvalue weighted by atomic mass is 32.2. The van der Waals surface area contributed by atoms with E-state index in [-0.39, 0.29) is 11.7 Å². The Kier molecular flexibility index (Phi) is 6.04. The van der Waals surface area contributed by atoms with Crippen molar-refractivity contribution in [3.8, 4) is 0 Å². The van der Waals surface area contributed by atoms with E-state index in [1.807, 2.05) is 35.2 Å². The summed E-state index contributed by atoms with van der Waals surface area (Å²) in [4.78, 5) is 14.7. The number of thioether (sulfide) groups is 1. The van der Waals surface area contributed by atoms with Crippen LogP contribution in [0.25, 0.3) is 0 Å². The summed E-state index contributed by atoms with van der Waals surface area (Å²) in [6.07, 6.45) is 1.45. The Hall–Kier alpha value is -1.79. The molecule has 1 aliphatic rings. The number of carbonyl (C=O) groups is 1. The van der Waals surface area contributed by atoms with Crippen molar-refractivity contribution in [3.63, 3.8) is 0 Å². The number of rotatable bonds is 7. The zero-order chi connectivity index (χ0) is 18.6. The molecule has 4 nitrogen and oxygen atoms in total. The highest BCUT2D eigenvalue weighted by Gasteiger charge is 2.23. The number of amides is 1. The van der Waals surface area contributed by atoms with Crippen LogP contribution in [-0.4, -0.2) is 32.4 Å². The predicted octanol–water partition coefficient (Wildman–Crippen LogP) is 3.69. The van der Waals surface area contributed by atoms with Crippen LogP contribution in [0.15, 0.2) is 53.4 Å². The summed E-state index contributed by atoms with van der Waals surface area (Å²) >= 11 is 1.70. The molecule has 0 radical (unpaired) electrons. The summed E-state index contributed by atoms with van der Waals surface area (Å²) in [5, 5.41) is 0. The molecule has 2 aromatic carbocycles. The third-order valence-corrected chi connectivity index (χ3v) is 7.36. The van der Waals surface area contributed by atoms with Crippen molar-refractivity contribution < 1.29 is 13.2 Å². The van der Waals surface area contributed by atoms with Gasteiger partial charge >= 0.3 is 0 Å². The lowest BCUT2D eigenvalue weighted by atomic mass is 10.2. The minimum Gasteiger partial charge on any atom is -0.312 e. The zero-order valence-corrected chi connectivity index (χ0v) is 16.5. The monoisotopic (exact) mass is 389 g/mol. The fraction of sp³-hybridized carbons (Fsp3) is 0.350. The van der Waals surface area contributed by atoms with Crippen molar-refractivity contribution in [1.82, 2.24) is 0 Å². The maximum atomic E-state index is 12.5. The lowest BCUT2D eigenvalue weighted by Crippen LogP contribution is -2.29. The number of sulfone groups is 1. The average molecular weight is 390 g/mol. The van der Waals surface area contributed by atoms with Gasteiger partial charge in [-0.05, 0) is 35.7 Å². The molecule has 3 rings (SSSR count). The van der Waals surface area contributed by atoms with E-state index in [0.29, 0.717) is 11.3 Å². The Morgan fingerprint density at radius 1 is 1.12 bits per heavy atom. The van der Waals surface area contributed by atoms with E-state index >= 15 is 0 Å². The molecule has 1 heterocycles. The minimum atomic E-state index is -3.14. The van der Waals surface area contributed by atoms with E-state index in [4.69, 9.17) is 0 Å². The van der Waals surface area contributed by atoms with Gasteiger partial charge in [0.2, 0.25) is 5.91 Å². The molecule has 1 amide bonds. The Morgan fingerprint density at radius 2 is 1.85 bits per heavy atom. The Labute approximate surface area is 159 Å². The fourth-order valence-electron chi connectivity index (χ4n) is 3.04. The lowest BCUT2D eigenvalue weighted by molar-refractivity contribution is -0.118. The van der Waals surface area contributed by atoms with Gasteiger partial charge in [-0.3, -0.25) is 4.79 Å². The molecule has 6 heteroatoms. The molecule has 0 saturated heterocycles. The molecular weight excluding hydrogens is 366 g/mol. The Bertz CT molecular complexity index is 876. The van der Waals surface area contributed by atoms with E-state index in [2.05, 4.69) is 6.07 Å². The second kappa shape index (κ2) is 8.27. The highest BCUT2D eigenvalue weighted by Crippen LogP contribution is 2.28. The maximum absolute atomic E-state index is 12.5. The third kappa shape index (κ3) is 4.30. The predicted molar refractivity (Wildman–Crippen MR) is 107 cm³/mol. The maximum Gasteiger partial charge on any atom is 0.227 e. The number of anilines is 1. The van der Waals surface area contributed by atoms with Crippen LogP contribution in [0.2, 0.25) is 0 Å². The van der Waals surface area contributed by atoms with Gasteiger partial charge in [0.15, 0.2) is 9.84 Å². The molecule has 2 aromatic rings. The molecule has 0 saturated carbocycles. The standard InChI is InChI=1S/C20H23NO3S2/c1-2-26(23,24)18-9-7-16(8-10-18)15-25-14-12-20(22)21-13-11-17-5-3-4-6-19(17)21/h3-10H,2,11-15H2,1H3. The van der Waals surface area contributed by atoms with Crippen molar-refractivity contribution in [1.29, 1.82) is 0 Å². The van der Waals surface area contributed by atoms with Gasteiger partial charge in [0, 0.05) is 30.2 Å². The Morgan fingerprint density at radius 3 is 2.58 bits per heavy atom. The van der Waals surface area contributed by atoms with E-state index in [9.17, 15) is 13.2 Å². The van der Waals surface area contributed by atoms with Gasteiger partial charge in [-0.15, -0.1) is 0 Å². The second-order valence-corrected chi connectivity index (χ2v) is 9.66. The largest absolute Gasteiger partial charge is 0.312 e. The lowest BCUT2D eigenvalue weighted by Gasteiger charge is -2.17. The van der Waals surface area contributed by atoms with E-state index in [1.54, 1.807) is 30.8 Å². The summed E-state index contributed by atoms with van der Waals surface area (Å²) < 4.78 is 23.6. The number of hydrogen-bond acceptors (Lipinski definition) is 4. The first-order chi connectivity index (χ1) is 12.5. The van der Waals surface area contributed by atoms with Crippen LogP contribution >= 0.6 is 11.8 Å². The van der Waals surface area contributed by atoms with Crippen LogP contribution in [-0.2, 0) is 26.8 Å². The van der Waals surface area contributed by atoms with Gasteiger partial charge in [-0.25, -0.2) is 8.42 Å². The van der Waals surface area contributed by atoms with Gasteiger partial charge in [0.1, 0.15) is 0 Å². The second-order valence-electron chi connectivity index (χ2n) is 6.27. The van der Waals surface area contributed by atoms with E-state index in [0.717, 1.165) is 35.7 Å². The Balaban J connectivity index is 1.47. The summed E-state index contributed by atoms with van der Waals surface area (Å²) in [6.45, 7) is 2.42. The van der Waals surface area contributed by atoms with Crippen LogP contribution in [0.4, 0.5) is 5.69 Å². The fourth-order valence-corrected chi connectivity index (χ4v) is 4.82. The SMILES string of the molecule is CCS(=O)(=O)c1ccc(CSCCC(=O)N2CCc3ccccc32)cc1. The van der Waals surface area contributed by atoms with Crippen LogP contribution in [0, 0.1) is 0 Å². The average Bonchev–Trinajstić information content (AvgIpc) is 3.10. The van der Waals surface area contributed by atoms with Crippen LogP contribution in [0.1, 0.15) is 24.5 Å². The van der Waals surface area contributed by atoms with E-state index < -0.39 is 9.84 Å². The summed E-state index contributed by atoms with van der Waals surface area (Å²) in [7, 11) is -3.14. The van der Waals surface area contributed by atoms with E-state index in [1.165, 1.54) is 5.56 Å². The van der Waals surface area contributed by atoms with Crippen molar-refractivity contribution >= 4 is 33.2 Å². The molecule has 26 heavy (non-hydrogen) atoms. The van der Waals surface area contributed by atoms with Gasteiger partial charge in [-0.1, -0.05) is 37.3 Å². The molecule has 0 aliphatic carbocycles. The number of fused-ring (bicyclic) bond motifs is 1. The molecule has 138 valence electrons. The van der Waals surface area contributed by atoms with Crippen molar-refractivity contribution in [2.45, 2.75) is 30.4 Å². The van der Waals surface area contributed by atoms with Crippen LogP contribution in [0.5, 0.6) is 0 Å². The molecule has 0 aromatic heterocycles. The van der Waals surface area contributed by atoms with Gasteiger partial charge < -0.3 is 4.90 Å². The number of carbonyl (C=O) groups excluding carboxylic acids is 1. The summed E-state index contributed by atoms with van der Waals surface area (Å²) in [5.74, 6) is 1.82. The first-order valence-corrected chi connectivity index (χ1v) is 11.6. The normalized spacial score (nSPS) is 13.7. The van der Waals surface area contributed by atoms with Crippen LogP contribution < -0.4 is 4.90 Å². The molecule has 0 fully saturated rings. The van der Waals surface area contributed by atoms with Gasteiger partial charge in [-0.2, -0.15) is 11.8 Å². The van der Waals surface area contributed by atoms with Gasteiger partial charge in [0.25, 0.3) is 0 Å². The van der Waals surface area contributed by atoms with Gasteiger partial charge in [0.05, 0.1) is 10.6 Å². The summed E-state index contributed by atoms with van der Waals surface area (Å²) in [6, 6.07) is 15.1. The molecule has 1 aliphatic heterocycles. The first kappa shape index (κ1) is 19.0. The molecule has 0 bridgehead atoms. The smallest absolute Gasteiger partial charge is 0.227 e. The van der Waals surface area contributed by atoms with Crippen LogP contribution in [0.3, 0.4) is 0 Å². The van der Waals surface area contributed by atoms with Crippen molar-refractivity contribution in [2.75, 3.05) is 23.0 Å². The molecule has 0 unspecified atom stereocenters. The number of hydrogen-bond donors (Lipinski definition) is 0. The van der Waals surface area contributed by atoms with Crippen molar-refractivity contribution in [2.24, 2.45) is 0 Å². The third-order valence-electron chi connectivity index (χ3n) is 4.58. The molecular formula is C20H23NO3S2. The molecule has 0 atom stereocenters. The van der Waals surface area contributed by atoms with Crippen molar-refractivity contribution in [3.05, 3.63) is 59.7 Å². The molecule has 0 N–H and O–H groups in total. The molecule has 0 spiro atoms. The number of para-hydroxylation sites is 1.